The van der Waals surface area contributed by atoms with E-state index in [1.807, 2.05) is 24.4 Å². The molecule has 6 nitrogen and oxygen atoms in total. The van der Waals surface area contributed by atoms with Crippen LogP contribution in [0.5, 0.6) is 0 Å². The number of carbonyl (C=O) groups is 1. The Morgan fingerprint density at radius 1 is 0.698 bits per heavy atom. The largest absolute Gasteiger partial charge is 0.355 e. The molecule has 1 aromatic rings. The first-order valence-corrected chi connectivity index (χ1v) is 28.5. The van der Waals surface area contributed by atoms with E-state index in [2.05, 4.69) is 84.7 Å². The quantitative estimate of drug-likeness (QED) is 0.0397. The maximum Gasteiger partial charge on any atom is 0.220 e. The summed E-state index contributed by atoms with van der Waals surface area (Å²) in [5.41, 5.74) is 0. The predicted octanol–water partition coefficient (Wildman–Crippen LogP) is 16.3. The number of ether oxygens (including phenoxy) is 2. The molecule has 2 heterocycles. The molecule has 0 aromatic carbocycles. The first-order valence-electron chi connectivity index (χ1n) is 26.1. The third-order valence-corrected chi connectivity index (χ3v) is 14.3. The van der Waals surface area contributed by atoms with Crippen LogP contribution in [0.15, 0.2) is 78.0 Å². The van der Waals surface area contributed by atoms with Crippen LogP contribution in [-0.4, -0.2) is 66.7 Å². The minimum Gasteiger partial charge on any atom is -0.355 e. The zero-order valence-electron chi connectivity index (χ0n) is 40.9. The highest BCUT2D eigenvalue weighted by molar-refractivity contribution is 8.76. The van der Waals surface area contributed by atoms with Gasteiger partial charge in [0.1, 0.15) is 5.03 Å². The lowest BCUT2D eigenvalue weighted by atomic mass is 9.98. The summed E-state index contributed by atoms with van der Waals surface area (Å²) < 4.78 is 13.5. The standard InChI is InChI=1S/C55H95N3O3S2/c1-4-6-8-10-12-14-16-18-20-22-24-26-28-30-32-37-44-55(45-38-33-31-29-27-25-23-21-19-17-15-13-11-9-7-5-2)60-51-52(61-55)43-49-58(3)48-40-34-35-41-53(59)56-47-50-62-63-54-42-36-39-46-57-54/h12-15,18-21,36,39,42,46,52H,4-11,16-17,22-35,37-38,40-41,43-45,47-51H2,1-3H3,(H,56,59)/b14-12-,15-13-,20-18-,21-19-. The second-order valence-electron chi connectivity index (χ2n) is 18.0. The van der Waals surface area contributed by atoms with Crippen molar-refractivity contribution in [3.05, 3.63) is 73.0 Å². The van der Waals surface area contributed by atoms with Crippen molar-refractivity contribution in [1.82, 2.24) is 15.2 Å². The fourth-order valence-corrected chi connectivity index (χ4v) is 9.84. The van der Waals surface area contributed by atoms with Crippen molar-refractivity contribution in [3.8, 4) is 0 Å². The second-order valence-corrected chi connectivity index (χ2v) is 20.4. The monoisotopic (exact) mass is 910 g/mol. The van der Waals surface area contributed by atoms with E-state index in [0.717, 1.165) is 81.8 Å². The Labute approximate surface area is 396 Å². The van der Waals surface area contributed by atoms with Crippen LogP contribution in [-0.2, 0) is 14.3 Å². The molecule has 0 bridgehead atoms. The van der Waals surface area contributed by atoms with Gasteiger partial charge in [0.25, 0.3) is 0 Å². The third-order valence-electron chi connectivity index (χ3n) is 12.0. The molecule has 0 aliphatic carbocycles. The van der Waals surface area contributed by atoms with Crippen molar-refractivity contribution in [2.24, 2.45) is 0 Å². The van der Waals surface area contributed by atoms with E-state index in [1.54, 1.807) is 21.6 Å². The molecule has 1 N–H and O–H groups in total. The van der Waals surface area contributed by atoms with Crippen LogP contribution in [0, 0.1) is 0 Å². The Morgan fingerprint density at radius 2 is 1.24 bits per heavy atom. The number of carbonyl (C=O) groups excluding carboxylic acids is 1. The van der Waals surface area contributed by atoms with Crippen LogP contribution in [0.2, 0.25) is 0 Å². The second kappa shape index (κ2) is 42.8. The summed E-state index contributed by atoms with van der Waals surface area (Å²) in [5.74, 6) is 0.659. The molecule has 360 valence electrons. The highest BCUT2D eigenvalue weighted by Gasteiger charge is 2.40. The summed E-state index contributed by atoms with van der Waals surface area (Å²) in [6.07, 6.45) is 58.2. The van der Waals surface area contributed by atoms with Gasteiger partial charge in [0.2, 0.25) is 5.91 Å². The molecule has 1 atom stereocenters. The van der Waals surface area contributed by atoms with E-state index in [9.17, 15) is 4.79 Å². The van der Waals surface area contributed by atoms with E-state index in [0.29, 0.717) is 13.0 Å². The number of nitrogens with one attached hydrogen (secondary N) is 1. The van der Waals surface area contributed by atoms with Gasteiger partial charge >= 0.3 is 0 Å². The molecular weight excluding hydrogens is 815 g/mol. The topological polar surface area (TPSA) is 63.7 Å². The summed E-state index contributed by atoms with van der Waals surface area (Å²) in [5, 5.41) is 4.08. The summed E-state index contributed by atoms with van der Waals surface area (Å²) in [4.78, 5) is 19.1. The first kappa shape index (κ1) is 57.3. The minimum atomic E-state index is -0.384. The van der Waals surface area contributed by atoms with Gasteiger partial charge in [-0.05, 0) is 133 Å². The normalized spacial score (nSPS) is 15.4. The highest BCUT2D eigenvalue weighted by atomic mass is 33.1. The molecule has 2 rings (SSSR count). The van der Waals surface area contributed by atoms with Crippen LogP contribution >= 0.6 is 21.6 Å². The number of nitrogens with zero attached hydrogens (tertiary/aromatic N) is 2. The molecule has 1 unspecified atom stereocenters. The minimum absolute atomic E-state index is 0.166. The molecule has 1 fully saturated rings. The van der Waals surface area contributed by atoms with Gasteiger partial charge in [-0.3, -0.25) is 4.79 Å². The van der Waals surface area contributed by atoms with Crippen molar-refractivity contribution in [1.29, 1.82) is 0 Å². The van der Waals surface area contributed by atoms with Crippen LogP contribution in [0.25, 0.3) is 0 Å². The highest BCUT2D eigenvalue weighted by Crippen LogP contribution is 2.36. The van der Waals surface area contributed by atoms with Crippen molar-refractivity contribution in [2.75, 3.05) is 39.0 Å². The fraction of sp³-hybridized carbons (Fsp3) is 0.745. The first-order chi connectivity index (χ1) is 31.1. The maximum atomic E-state index is 12.3. The molecule has 0 spiro atoms. The van der Waals surface area contributed by atoms with Gasteiger partial charge in [-0.15, -0.1) is 0 Å². The molecule has 0 radical (unpaired) electrons. The Kier molecular flexibility index (Phi) is 38.9. The predicted molar refractivity (Wildman–Crippen MR) is 278 cm³/mol. The van der Waals surface area contributed by atoms with Gasteiger partial charge in [-0.2, -0.15) is 0 Å². The molecule has 0 saturated carbocycles. The Balaban J connectivity index is 1.61. The molecular formula is C55H95N3O3S2. The van der Waals surface area contributed by atoms with E-state index in [1.165, 1.54) is 141 Å². The van der Waals surface area contributed by atoms with Gasteiger partial charge in [0.15, 0.2) is 5.79 Å². The van der Waals surface area contributed by atoms with E-state index >= 15 is 0 Å². The SMILES string of the molecule is CCCCC/C=C\C/C=C\CCCCCCCCC1(CCCCCCCC/C=C\C/C=C\CCCCC)OCC(CCN(C)CCCCCC(=O)NCCSSc2ccccn2)O1. The van der Waals surface area contributed by atoms with E-state index < -0.39 is 0 Å². The van der Waals surface area contributed by atoms with Crippen LogP contribution in [0.4, 0.5) is 0 Å². The molecule has 1 saturated heterocycles. The number of hydrogen-bond acceptors (Lipinski definition) is 7. The Hall–Kier alpha value is -1.84. The average molecular weight is 911 g/mol. The molecule has 1 aliphatic heterocycles. The van der Waals surface area contributed by atoms with Gasteiger partial charge in [0, 0.05) is 44.3 Å². The smallest absolute Gasteiger partial charge is 0.220 e. The summed E-state index contributed by atoms with van der Waals surface area (Å²) in [6, 6.07) is 5.94. The van der Waals surface area contributed by atoms with Crippen LogP contribution < -0.4 is 5.32 Å². The van der Waals surface area contributed by atoms with Crippen molar-refractivity contribution >= 4 is 27.5 Å². The number of unbranched alkanes of at least 4 members (excludes halogenated alkanes) is 20. The summed E-state index contributed by atoms with van der Waals surface area (Å²) in [7, 11) is 5.62. The lowest BCUT2D eigenvalue weighted by Crippen LogP contribution is -2.32. The lowest BCUT2D eigenvalue weighted by Gasteiger charge is -2.29. The molecule has 1 aromatic heterocycles. The molecule has 63 heavy (non-hydrogen) atoms. The maximum absolute atomic E-state index is 12.3. The van der Waals surface area contributed by atoms with E-state index in [4.69, 9.17) is 9.47 Å². The number of amides is 1. The van der Waals surface area contributed by atoms with Gasteiger partial charge in [-0.25, -0.2) is 4.98 Å². The zero-order chi connectivity index (χ0) is 45.0. The number of allylic oxidation sites excluding steroid dienone is 8. The fourth-order valence-electron chi connectivity index (χ4n) is 8.05. The van der Waals surface area contributed by atoms with Gasteiger partial charge in [0.05, 0.1) is 12.7 Å². The molecule has 1 amide bonds. The van der Waals surface area contributed by atoms with Gasteiger partial charge in [-0.1, -0.05) is 163 Å². The number of aromatic nitrogens is 1. The molecule has 1 aliphatic rings. The van der Waals surface area contributed by atoms with Crippen molar-refractivity contribution in [2.45, 2.75) is 230 Å². The third kappa shape index (κ3) is 35.1. The van der Waals surface area contributed by atoms with Crippen molar-refractivity contribution in [3.63, 3.8) is 0 Å². The van der Waals surface area contributed by atoms with E-state index in [-0.39, 0.29) is 17.8 Å². The summed E-state index contributed by atoms with van der Waals surface area (Å²) in [6.45, 7) is 8.05. The Bertz CT molecular complexity index is 1240. The lowest BCUT2D eigenvalue weighted by molar-refractivity contribution is -0.180. The number of hydrogen-bond donors (Lipinski definition) is 1. The van der Waals surface area contributed by atoms with Crippen LogP contribution in [0.3, 0.4) is 0 Å². The Morgan fingerprint density at radius 3 is 1.79 bits per heavy atom. The number of rotatable bonds is 44. The average Bonchev–Trinajstić information content (AvgIpc) is 3.70. The van der Waals surface area contributed by atoms with Gasteiger partial charge < -0.3 is 19.7 Å². The summed E-state index contributed by atoms with van der Waals surface area (Å²) >= 11 is 0. The molecule has 8 heteroatoms. The van der Waals surface area contributed by atoms with Crippen molar-refractivity contribution < 1.29 is 14.3 Å². The number of pyridine rings is 1. The zero-order valence-corrected chi connectivity index (χ0v) is 42.5. The van der Waals surface area contributed by atoms with Crippen LogP contribution in [0.1, 0.15) is 213 Å².